The Balaban J connectivity index is 1.75. The number of alkyl halides is 1. The van der Waals surface area contributed by atoms with E-state index in [2.05, 4.69) is 17.8 Å². The molecule has 1 fully saturated rings. The molecule has 2 aromatic rings. The average Bonchev–Trinajstić information content (AvgIpc) is 3.24. The van der Waals surface area contributed by atoms with Crippen LogP contribution >= 0.6 is 11.6 Å². The summed E-state index contributed by atoms with van der Waals surface area (Å²) in [6.45, 7) is 4.18. The zero-order valence-corrected chi connectivity index (χ0v) is 34.1. The van der Waals surface area contributed by atoms with Gasteiger partial charge in [0.1, 0.15) is 42.8 Å². The maximum Gasteiger partial charge on any atom is 0.410 e. The van der Waals surface area contributed by atoms with Gasteiger partial charge in [-0.25, -0.2) is 4.79 Å². The second kappa shape index (κ2) is 22.3. The van der Waals surface area contributed by atoms with Crippen LogP contribution in [0.25, 0.3) is 0 Å². The van der Waals surface area contributed by atoms with Gasteiger partial charge in [-0.05, 0) is 79.5 Å². The molecule has 1 amide bonds. The molecular formula is C43H57ClN2O12. The van der Waals surface area contributed by atoms with Crippen molar-refractivity contribution in [3.63, 3.8) is 0 Å². The minimum Gasteiger partial charge on any atom is -0.496 e. The number of methoxy groups -OCH3 is 1. The fraction of sp³-hybridized carbons (Fsp3) is 0.558. The third-order valence-electron chi connectivity index (χ3n) is 11.0. The first-order chi connectivity index (χ1) is 28.3. The molecular weight excluding hydrogens is 772 g/mol. The summed E-state index contributed by atoms with van der Waals surface area (Å²) < 4.78 is 37.2. The Morgan fingerprint density at radius 3 is 2.47 bits per heavy atom. The van der Waals surface area contributed by atoms with Crippen LogP contribution in [0, 0.1) is 17.8 Å². The number of hydrogen-bond donors (Lipinski definition) is 3. The number of aldehydes is 1. The van der Waals surface area contributed by atoms with Crippen LogP contribution in [0.4, 0.5) is 4.79 Å². The van der Waals surface area contributed by atoms with Crippen LogP contribution in [0.1, 0.15) is 66.8 Å². The summed E-state index contributed by atoms with van der Waals surface area (Å²) in [7, 11) is 2.98. The largest absolute Gasteiger partial charge is 0.496 e. The lowest BCUT2D eigenvalue weighted by atomic mass is 9.55. The fourth-order valence-electron chi connectivity index (χ4n) is 8.74. The summed E-state index contributed by atoms with van der Waals surface area (Å²) in [6, 6.07) is 9.78. The molecule has 0 radical (unpaired) electrons. The molecule has 0 aromatic heterocycles. The number of carbonyl (C=O) groups excluding carboxylic acids is 2. The Labute approximate surface area is 345 Å². The number of allylic oxidation sites excluding steroid dienone is 1. The number of benzene rings is 2. The number of rotatable bonds is 24. The van der Waals surface area contributed by atoms with E-state index in [1.165, 1.54) is 19.1 Å². The normalized spacial score (nSPS) is 23.8. The molecule has 1 aliphatic heterocycles. The zero-order chi connectivity index (χ0) is 41.5. The van der Waals surface area contributed by atoms with Crippen molar-refractivity contribution in [3.8, 4) is 23.0 Å². The molecule has 58 heavy (non-hydrogen) atoms. The van der Waals surface area contributed by atoms with Gasteiger partial charge in [-0.3, -0.25) is 9.69 Å². The number of oxime groups is 1. The highest BCUT2D eigenvalue weighted by atomic mass is 35.5. The highest BCUT2D eigenvalue weighted by molar-refractivity contribution is 6.18. The van der Waals surface area contributed by atoms with Crippen molar-refractivity contribution in [1.29, 1.82) is 0 Å². The number of aliphatic hydroxyl groups is 3. The van der Waals surface area contributed by atoms with Crippen LogP contribution in [0.3, 0.4) is 0 Å². The molecule has 0 spiro atoms. The molecule has 3 aliphatic rings. The minimum atomic E-state index is -1.51. The fourth-order valence-corrected chi connectivity index (χ4v) is 8.82. The number of carbonyl (C=O) groups is 2. The maximum atomic E-state index is 14.1. The monoisotopic (exact) mass is 828 g/mol. The summed E-state index contributed by atoms with van der Waals surface area (Å²) in [6.07, 6.45) is 8.44. The first-order valence-electron chi connectivity index (χ1n) is 19.9. The molecule has 6 atom stereocenters. The second-order valence-corrected chi connectivity index (χ2v) is 14.8. The number of aliphatic hydroxyl groups excluding tert-OH is 3. The van der Waals surface area contributed by atoms with Crippen LogP contribution in [0.2, 0.25) is 0 Å². The first kappa shape index (κ1) is 44.9. The number of hydrogen-bond acceptors (Lipinski definition) is 13. The Hall–Kier alpha value is -4.18. The van der Waals surface area contributed by atoms with Gasteiger partial charge >= 0.3 is 6.09 Å². The summed E-state index contributed by atoms with van der Waals surface area (Å²) in [5.74, 6) is -0.349. The Morgan fingerprint density at radius 1 is 1.02 bits per heavy atom. The highest BCUT2D eigenvalue weighted by Gasteiger charge is 2.65. The first-order valence-corrected chi connectivity index (χ1v) is 20.5. The van der Waals surface area contributed by atoms with Gasteiger partial charge in [-0.15, -0.1) is 18.2 Å². The number of unbranched alkanes of at least 4 members (excludes halogenated alkanes) is 2. The molecule has 0 bridgehead atoms. The Bertz CT molecular complexity index is 1740. The van der Waals surface area contributed by atoms with E-state index < -0.39 is 23.8 Å². The molecule has 3 N–H and O–H groups in total. The van der Waals surface area contributed by atoms with Crippen molar-refractivity contribution in [2.24, 2.45) is 22.9 Å². The van der Waals surface area contributed by atoms with Crippen molar-refractivity contribution in [2.75, 3.05) is 72.9 Å². The van der Waals surface area contributed by atoms with Gasteiger partial charge in [0, 0.05) is 37.7 Å². The predicted octanol–water partition coefficient (Wildman–Crippen LogP) is 6.25. The lowest BCUT2D eigenvalue weighted by Gasteiger charge is -2.59. The van der Waals surface area contributed by atoms with Gasteiger partial charge in [0.2, 0.25) is 5.79 Å². The molecule has 14 nitrogen and oxygen atoms in total. The number of nitrogens with zero attached hydrogens (tertiary/aromatic N) is 2. The van der Waals surface area contributed by atoms with E-state index in [9.17, 15) is 24.9 Å². The molecule has 0 saturated heterocycles. The average molecular weight is 829 g/mol. The van der Waals surface area contributed by atoms with Gasteiger partial charge in [-0.1, -0.05) is 30.1 Å². The second-order valence-electron chi connectivity index (χ2n) is 14.4. The summed E-state index contributed by atoms with van der Waals surface area (Å²) in [5, 5.41) is 33.7. The molecule has 5 rings (SSSR count). The van der Waals surface area contributed by atoms with E-state index in [1.54, 1.807) is 30.3 Å². The van der Waals surface area contributed by atoms with E-state index in [0.717, 1.165) is 36.8 Å². The molecule has 1 heterocycles. The topological polar surface area (TPSA) is 175 Å². The zero-order valence-electron chi connectivity index (χ0n) is 33.4. The molecule has 1 saturated carbocycles. The van der Waals surface area contributed by atoms with E-state index in [0.29, 0.717) is 53.4 Å². The standard InChI is InChI=1S/C43H57ClN2O12/c1-4-20-56-43-39(46(16-22-54-23-19-49)42(51)55-21-15-44)27-36(45-53-3)34-25-29(9-5-7-17-47)33(10-6-8-18-48)40(41(34)43)35-26-32(12-14-38(35)58-43)57-31-11-13-37(52-2)30(24-31)28-50/h4,11-14,24-26,28-29,33,39-41,47-49H,1,5-10,15-23,27H2,2-3H3/t29-,33+,39-,40+,41+,43+/m0/s1. The van der Waals surface area contributed by atoms with E-state index in [1.807, 2.05) is 12.1 Å². The predicted molar refractivity (Wildman–Crippen MR) is 217 cm³/mol. The number of amides is 1. The van der Waals surface area contributed by atoms with Crippen molar-refractivity contribution in [2.45, 2.75) is 62.7 Å². The Kier molecular flexibility index (Phi) is 17.2. The smallest absolute Gasteiger partial charge is 0.410 e. The van der Waals surface area contributed by atoms with Gasteiger partial charge in [0.25, 0.3) is 0 Å². The Morgan fingerprint density at radius 2 is 1.78 bits per heavy atom. The van der Waals surface area contributed by atoms with Crippen LogP contribution in [-0.2, 0) is 19.0 Å². The summed E-state index contributed by atoms with van der Waals surface area (Å²) in [5.41, 5.74) is 2.69. The van der Waals surface area contributed by atoms with Gasteiger partial charge in [-0.2, -0.15) is 0 Å². The summed E-state index contributed by atoms with van der Waals surface area (Å²) >= 11 is 5.98. The molecule has 2 aromatic carbocycles. The molecule has 318 valence electrons. The number of ether oxygens (including phenoxy) is 6. The van der Waals surface area contributed by atoms with E-state index in [-0.39, 0.29) is 82.8 Å². The lowest BCUT2D eigenvalue weighted by molar-refractivity contribution is -0.256. The van der Waals surface area contributed by atoms with E-state index >= 15 is 0 Å². The lowest BCUT2D eigenvalue weighted by Crippen LogP contribution is -2.70. The van der Waals surface area contributed by atoms with Crippen LogP contribution in [-0.4, -0.2) is 123 Å². The number of halogens is 1. The summed E-state index contributed by atoms with van der Waals surface area (Å²) in [4.78, 5) is 33.0. The van der Waals surface area contributed by atoms with Crippen LogP contribution in [0.5, 0.6) is 23.0 Å². The molecule has 15 heteroatoms. The van der Waals surface area contributed by atoms with Crippen LogP contribution < -0.4 is 14.2 Å². The highest BCUT2D eigenvalue weighted by Crippen LogP contribution is 2.62. The van der Waals surface area contributed by atoms with Gasteiger partial charge in [0.15, 0.2) is 6.29 Å². The SMILES string of the molecule is C=CCO[C@@]12Oc3ccc(Oc4ccc(OC)c(C=O)c4)cc3[C@H]3[C@H](CCCCO)[C@@H](CCCCO)C=C(C(=NOC)C[C@@H]1N(CCOCCO)C(=O)OCCCl)[C@H]32. The van der Waals surface area contributed by atoms with Crippen LogP contribution in [0.15, 0.2) is 65.9 Å². The third kappa shape index (κ3) is 10.2. The van der Waals surface area contributed by atoms with E-state index in [4.69, 9.17) is 44.9 Å². The quantitative estimate of drug-likeness (QED) is 0.0357. The number of fused-ring (bicyclic) bond motifs is 2. The maximum absolute atomic E-state index is 14.1. The van der Waals surface area contributed by atoms with Crippen molar-refractivity contribution < 1.29 is 58.2 Å². The van der Waals surface area contributed by atoms with Crippen molar-refractivity contribution in [1.82, 2.24) is 4.90 Å². The minimum absolute atomic E-state index is 0.0154. The molecule has 2 aliphatic carbocycles. The van der Waals surface area contributed by atoms with Crippen molar-refractivity contribution >= 4 is 29.7 Å². The van der Waals surface area contributed by atoms with Crippen molar-refractivity contribution in [3.05, 3.63) is 71.8 Å². The molecule has 0 unspecified atom stereocenters. The third-order valence-corrected chi connectivity index (χ3v) is 11.2. The van der Waals surface area contributed by atoms with Gasteiger partial charge < -0.3 is 48.6 Å². The van der Waals surface area contributed by atoms with Gasteiger partial charge in [0.05, 0.1) is 56.6 Å².